The lowest BCUT2D eigenvalue weighted by atomic mass is 10.0. The Bertz CT molecular complexity index is 511. The van der Waals surface area contributed by atoms with Gasteiger partial charge in [0.15, 0.2) is 5.96 Å². The number of aliphatic imine (C=N–C) groups is 1. The van der Waals surface area contributed by atoms with Crippen LogP contribution in [0, 0.1) is 0 Å². The smallest absolute Gasteiger partial charge is 0.243 e. The number of likely N-dealkylation sites (N-methyl/N-ethyl adjacent to an activating group) is 1. The highest BCUT2D eigenvalue weighted by atomic mass is 16.5. The van der Waals surface area contributed by atoms with Crippen LogP contribution in [0.3, 0.4) is 0 Å². The van der Waals surface area contributed by atoms with Crippen LogP contribution < -0.4 is 10.6 Å². The first-order chi connectivity index (χ1) is 12.3. The molecule has 0 bridgehead atoms. The molecule has 0 aromatic carbocycles. The number of hydrogen-bond donors (Lipinski definition) is 2. The number of nitrogens with zero attached hydrogens (tertiary/aromatic N) is 3. The minimum Gasteiger partial charge on any atom is -0.384 e. The van der Waals surface area contributed by atoms with E-state index in [0.29, 0.717) is 38.6 Å². The van der Waals surface area contributed by atoms with Gasteiger partial charge in [0, 0.05) is 46.9 Å². The summed E-state index contributed by atoms with van der Waals surface area (Å²) in [6.07, 6.45) is 2.11. The molecule has 8 heteroatoms. The van der Waals surface area contributed by atoms with Crippen molar-refractivity contribution in [3.8, 4) is 0 Å². The number of guanidine groups is 1. The zero-order valence-electron chi connectivity index (χ0n) is 16.5. The molecule has 0 atom stereocenters. The highest BCUT2D eigenvalue weighted by Gasteiger charge is 2.23. The lowest BCUT2D eigenvalue weighted by Gasteiger charge is -2.33. The summed E-state index contributed by atoms with van der Waals surface area (Å²) in [4.78, 5) is 31.6. The van der Waals surface area contributed by atoms with E-state index in [2.05, 4.69) is 22.2 Å². The molecule has 1 aliphatic rings. The lowest BCUT2D eigenvalue weighted by Crippen LogP contribution is -2.50. The molecule has 0 unspecified atom stereocenters. The number of carbonyl (C=O) groups is 2. The summed E-state index contributed by atoms with van der Waals surface area (Å²) in [7, 11) is 5.02. The third kappa shape index (κ3) is 8.33. The number of piperidine rings is 1. The zero-order chi connectivity index (χ0) is 19.5. The predicted octanol–water partition coefficient (Wildman–Crippen LogP) is 0.213. The quantitative estimate of drug-likeness (QED) is 0.364. The minimum absolute atomic E-state index is 0.0556. The molecule has 1 aliphatic heterocycles. The van der Waals surface area contributed by atoms with Crippen LogP contribution in [0.2, 0.25) is 0 Å². The van der Waals surface area contributed by atoms with Gasteiger partial charge in [-0.3, -0.25) is 9.59 Å². The first kappa shape index (κ1) is 22.0. The van der Waals surface area contributed by atoms with Crippen LogP contribution in [0.25, 0.3) is 0 Å². The second-order valence-electron chi connectivity index (χ2n) is 6.81. The van der Waals surface area contributed by atoms with Crippen molar-refractivity contribution >= 4 is 17.8 Å². The Labute approximate surface area is 156 Å². The van der Waals surface area contributed by atoms with Crippen LogP contribution in [-0.4, -0.2) is 87.6 Å². The molecule has 26 heavy (non-hydrogen) atoms. The Morgan fingerprint density at radius 1 is 1.31 bits per heavy atom. The van der Waals surface area contributed by atoms with Crippen molar-refractivity contribution < 1.29 is 14.3 Å². The van der Waals surface area contributed by atoms with Gasteiger partial charge < -0.3 is 25.2 Å². The predicted molar refractivity (Wildman–Crippen MR) is 103 cm³/mol. The van der Waals surface area contributed by atoms with E-state index in [1.807, 2.05) is 11.8 Å². The maximum absolute atomic E-state index is 12.0. The molecule has 2 amide bonds. The van der Waals surface area contributed by atoms with Gasteiger partial charge in [0.2, 0.25) is 11.8 Å². The topological polar surface area (TPSA) is 86.3 Å². The fourth-order valence-corrected chi connectivity index (χ4v) is 2.49. The van der Waals surface area contributed by atoms with Crippen molar-refractivity contribution in [1.29, 1.82) is 0 Å². The molecule has 148 valence electrons. The summed E-state index contributed by atoms with van der Waals surface area (Å²) in [5.74, 6) is 0.684. The van der Waals surface area contributed by atoms with Gasteiger partial charge in [0.05, 0.1) is 13.0 Å². The average Bonchev–Trinajstić information content (AvgIpc) is 2.61. The second kappa shape index (κ2) is 11.5. The van der Waals surface area contributed by atoms with Crippen molar-refractivity contribution in [1.82, 2.24) is 20.4 Å². The molecule has 0 aliphatic carbocycles. The molecular formula is C18H33N5O3. The van der Waals surface area contributed by atoms with Gasteiger partial charge in [-0.25, -0.2) is 4.99 Å². The van der Waals surface area contributed by atoms with Crippen molar-refractivity contribution in [2.45, 2.75) is 32.2 Å². The number of rotatable bonds is 8. The van der Waals surface area contributed by atoms with Crippen LogP contribution in [0.15, 0.2) is 17.1 Å². The molecule has 0 spiro atoms. The number of hydrogen-bond acceptors (Lipinski definition) is 4. The number of likely N-dealkylation sites (tertiary alicyclic amines) is 1. The highest BCUT2D eigenvalue weighted by Crippen LogP contribution is 2.11. The highest BCUT2D eigenvalue weighted by molar-refractivity contribution is 5.85. The summed E-state index contributed by atoms with van der Waals surface area (Å²) in [5, 5.41) is 6.57. The standard InChI is InChI=1S/C18H33N5O3/c1-14(2)12-19-18(20-13-17(25)22(3)4)21-15-6-9-23(10-7-15)16(24)8-11-26-5/h15H,1,6-13H2,2-5H3,(H2,19,20,21). The third-order valence-electron chi connectivity index (χ3n) is 4.14. The number of nitrogens with one attached hydrogen (secondary N) is 2. The number of ether oxygens (including phenoxy) is 1. The van der Waals surface area contributed by atoms with E-state index in [-0.39, 0.29) is 24.4 Å². The second-order valence-corrected chi connectivity index (χ2v) is 6.81. The zero-order valence-corrected chi connectivity index (χ0v) is 16.5. The Kier molecular flexibility index (Phi) is 9.72. The van der Waals surface area contributed by atoms with Gasteiger partial charge in [0.25, 0.3) is 0 Å². The summed E-state index contributed by atoms with van der Waals surface area (Å²) < 4.78 is 4.96. The lowest BCUT2D eigenvalue weighted by molar-refractivity contribution is -0.133. The van der Waals surface area contributed by atoms with Crippen molar-refractivity contribution in [2.75, 3.05) is 54.0 Å². The summed E-state index contributed by atoms with van der Waals surface area (Å²) >= 11 is 0. The van der Waals surface area contributed by atoms with Crippen LogP contribution >= 0.6 is 0 Å². The molecule has 1 heterocycles. The first-order valence-corrected chi connectivity index (χ1v) is 8.99. The van der Waals surface area contributed by atoms with Gasteiger partial charge in [0.1, 0.15) is 6.54 Å². The molecule has 2 N–H and O–H groups in total. The van der Waals surface area contributed by atoms with Crippen LogP contribution in [0.4, 0.5) is 0 Å². The SMILES string of the molecule is C=C(C)CNC(=NCC(=O)N(C)C)NC1CCN(C(=O)CCOC)CC1. The third-order valence-corrected chi connectivity index (χ3v) is 4.14. The monoisotopic (exact) mass is 367 g/mol. The fourth-order valence-electron chi connectivity index (χ4n) is 2.49. The summed E-state index contributed by atoms with van der Waals surface area (Å²) in [5.41, 5.74) is 0.983. The Morgan fingerprint density at radius 2 is 1.96 bits per heavy atom. The number of amides is 2. The normalized spacial score (nSPS) is 15.5. The van der Waals surface area contributed by atoms with Crippen LogP contribution in [-0.2, 0) is 14.3 Å². The molecule has 8 nitrogen and oxygen atoms in total. The molecule has 0 radical (unpaired) electrons. The molecule has 1 saturated heterocycles. The maximum atomic E-state index is 12.0. The Morgan fingerprint density at radius 3 is 2.50 bits per heavy atom. The molecule has 1 fully saturated rings. The summed E-state index contributed by atoms with van der Waals surface area (Å²) in [6, 6.07) is 0.215. The number of methoxy groups -OCH3 is 1. The van der Waals surface area contributed by atoms with E-state index in [1.54, 1.807) is 21.2 Å². The van der Waals surface area contributed by atoms with E-state index in [1.165, 1.54) is 4.90 Å². The van der Waals surface area contributed by atoms with Gasteiger partial charge in [-0.05, 0) is 19.8 Å². The van der Waals surface area contributed by atoms with Crippen molar-refractivity contribution in [2.24, 2.45) is 4.99 Å². The van der Waals surface area contributed by atoms with E-state index < -0.39 is 0 Å². The van der Waals surface area contributed by atoms with Gasteiger partial charge in [-0.2, -0.15) is 0 Å². The van der Waals surface area contributed by atoms with E-state index in [9.17, 15) is 9.59 Å². The summed E-state index contributed by atoms with van der Waals surface area (Å²) in [6.45, 7) is 8.37. The largest absolute Gasteiger partial charge is 0.384 e. The average molecular weight is 367 g/mol. The Hall–Kier alpha value is -2.09. The minimum atomic E-state index is -0.0556. The van der Waals surface area contributed by atoms with Crippen molar-refractivity contribution in [3.05, 3.63) is 12.2 Å². The molecule has 0 aromatic rings. The van der Waals surface area contributed by atoms with Gasteiger partial charge in [-0.15, -0.1) is 0 Å². The molecule has 0 saturated carbocycles. The molecule has 1 rings (SSSR count). The van der Waals surface area contributed by atoms with Gasteiger partial charge in [-0.1, -0.05) is 12.2 Å². The van der Waals surface area contributed by atoms with E-state index in [4.69, 9.17) is 4.74 Å². The van der Waals surface area contributed by atoms with Crippen LogP contribution in [0.1, 0.15) is 26.2 Å². The number of carbonyl (C=O) groups excluding carboxylic acids is 2. The fraction of sp³-hybridized carbons (Fsp3) is 0.722. The maximum Gasteiger partial charge on any atom is 0.243 e. The molecular weight excluding hydrogens is 334 g/mol. The molecule has 0 aromatic heterocycles. The van der Waals surface area contributed by atoms with Crippen molar-refractivity contribution in [3.63, 3.8) is 0 Å². The first-order valence-electron chi connectivity index (χ1n) is 8.99. The van der Waals surface area contributed by atoms with Crippen LogP contribution in [0.5, 0.6) is 0 Å². The van der Waals surface area contributed by atoms with Gasteiger partial charge >= 0.3 is 0 Å². The Balaban J connectivity index is 2.54. The van der Waals surface area contributed by atoms with E-state index >= 15 is 0 Å². The van der Waals surface area contributed by atoms with E-state index in [0.717, 1.165) is 18.4 Å².